The topological polar surface area (TPSA) is 132 Å². The van der Waals surface area contributed by atoms with Gasteiger partial charge in [-0.2, -0.15) is 0 Å². The summed E-state index contributed by atoms with van der Waals surface area (Å²) in [4.78, 5) is 7.79. The molecule has 11 heteroatoms. The molecule has 5 N–H and O–H groups in total. The van der Waals surface area contributed by atoms with Crippen molar-refractivity contribution in [2.75, 3.05) is 6.61 Å². The molecule has 19 heavy (non-hydrogen) atoms. The zero-order chi connectivity index (χ0) is 14.3. The van der Waals surface area contributed by atoms with Crippen molar-refractivity contribution in [1.29, 1.82) is 0 Å². The van der Waals surface area contributed by atoms with Crippen LogP contribution in [0.2, 0.25) is 0 Å². The average molecular weight is 343 g/mol. The van der Waals surface area contributed by atoms with Crippen LogP contribution in [-0.2, 0) is 9.84 Å². The summed E-state index contributed by atoms with van der Waals surface area (Å²) >= 11 is 6.81. The Hall–Kier alpha value is -0.490. The van der Waals surface area contributed by atoms with E-state index >= 15 is 0 Å². The fourth-order valence-corrected chi connectivity index (χ4v) is 7.34. The van der Waals surface area contributed by atoms with Gasteiger partial charge < -0.3 is 5.11 Å². The summed E-state index contributed by atoms with van der Waals surface area (Å²) in [5, 5.41) is 22.2. The highest BCUT2D eigenvalue weighted by atomic mass is 35.5. The standard InChI is InChI=1S/C8H11ClN4O3S3/c9-6-5(1-3-14)18(10,11)8(13-6)19(15,16)7-12-2-4-17-7/h2,4,14H,1,3,10-11H2. The van der Waals surface area contributed by atoms with Crippen LogP contribution in [0.15, 0.2) is 31.0 Å². The van der Waals surface area contributed by atoms with E-state index in [2.05, 4.69) is 9.98 Å². The summed E-state index contributed by atoms with van der Waals surface area (Å²) in [5.41, 5.74) is 0. The van der Waals surface area contributed by atoms with Gasteiger partial charge in [-0.1, -0.05) is 22.0 Å². The molecule has 0 unspecified atom stereocenters. The highest BCUT2D eigenvalue weighted by Gasteiger charge is 2.43. The third kappa shape index (κ3) is 2.44. The molecule has 1 aromatic heterocycles. The van der Waals surface area contributed by atoms with Crippen LogP contribution in [0.5, 0.6) is 0 Å². The van der Waals surface area contributed by atoms with E-state index < -0.39 is 20.2 Å². The van der Waals surface area contributed by atoms with Gasteiger partial charge in [0.25, 0.3) is 9.84 Å². The number of aromatic nitrogens is 1. The summed E-state index contributed by atoms with van der Waals surface area (Å²) in [6, 6.07) is 0. The Morgan fingerprint density at radius 3 is 2.68 bits per heavy atom. The number of aliphatic hydroxyl groups is 1. The number of aliphatic hydroxyl groups excluding tert-OH is 1. The monoisotopic (exact) mass is 342 g/mol. The molecule has 2 rings (SSSR count). The molecule has 7 nitrogen and oxygen atoms in total. The van der Waals surface area contributed by atoms with E-state index in [1.54, 1.807) is 0 Å². The second kappa shape index (κ2) is 5.13. The number of hydrogen-bond acceptors (Lipinski definition) is 8. The molecule has 2 heterocycles. The quantitative estimate of drug-likeness (QED) is 0.690. The van der Waals surface area contributed by atoms with Crippen molar-refractivity contribution in [3.63, 3.8) is 0 Å². The van der Waals surface area contributed by atoms with Crippen molar-refractivity contribution < 1.29 is 13.5 Å². The molecule has 0 aromatic carbocycles. The minimum atomic E-state index is -3.95. The van der Waals surface area contributed by atoms with Gasteiger partial charge in [-0.15, -0.1) is 11.3 Å². The van der Waals surface area contributed by atoms with Crippen molar-refractivity contribution in [2.24, 2.45) is 15.3 Å². The molecule has 0 bridgehead atoms. The van der Waals surface area contributed by atoms with Gasteiger partial charge >= 0.3 is 0 Å². The normalized spacial score (nSPS) is 20.5. The van der Waals surface area contributed by atoms with Crippen LogP contribution < -0.4 is 10.3 Å². The summed E-state index contributed by atoms with van der Waals surface area (Å²) < 4.78 is 24.2. The Morgan fingerprint density at radius 1 is 1.47 bits per heavy atom. The number of nitrogens with zero attached hydrogens (tertiary/aromatic N) is 2. The minimum absolute atomic E-state index is 0.0656. The van der Waals surface area contributed by atoms with Gasteiger partial charge in [0.2, 0.25) is 8.72 Å². The summed E-state index contributed by atoms with van der Waals surface area (Å²) in [6.07, 6.45) is 1.45. The van der Waals surface area contributed by atoms with Crippen molar-refractivity contribution in [3.8, 4) is 0 Å². The van der Waals surface area contributed by atoms with E-state index in [1.165, 1.54) is 11.6 Å². The molecule has 0 radical (unpaired) electrons. The maximum atomic E-state index is 12.3. The number of thiazole rings is 1. The lowest BCUT2D eigenvalue weighted by molar-refractivity contribution is 0.301. The zero-order valence-electron chi connectivity index (χ0n) is 9.48. The van der Waals surface area contributed by atoms with Crippen molar-refractivity contribution in [3.05, 3.63) is 21.6 Å². The molecule has 0 amide bonds. The van der Waals surface area contributed by atoms with Gasteiger partial charge in [-0.05, 0) is 0 Å². The molecule has 1 aliphatic heterocycles. The molecule has 0 saturated heterocycles. The van der Waals surface area contributed by atoms with Crippen LogP contribution in [0.4, 0.5) is 0 Å². The van der Waals surface area contributed by atoms with E-state index in [-0.39, 0.29) is 31.8 Å². The first-order chi connectivity index (χ1) is 8.81. The van der Waals surface area contributed by atoms with Crippen LogP contribution in [0.25, 0.3) is 0 Å². The lowest BCUT2D eigenvalue weighted by atomic mass is 10.4. The second-order valence-electron chi connectivity index (χ2n) is 3.58. The lowest BCUT2D eigenvalue weighted by Gasteiger charge is -2.28. The smallest absolute Gasteiger partial charge is 0.258 e. The first-order valence-electron chi connectivity index (χ1n) is 4.93. The van der Waals surface area contributed by atoms with E-state index in [0.717, 1.165) is 11.3 Å². The Bertz CT molecular complexity index is 651. The van der Waals surface area contributed by atoms with Gasteiger partial charge in [0.15, 0.2) is 0 Å². The zero-order valence-corrected chi connectivity index (χ0v) is 12.7. The molecular formula is C8H11ClN4O3S3. The minimum Gasteiger partial charge on any atom is -0.396 e. The summed E-state index contributed by atoms with van der Waals surface area (Å²) in [6.45, 7) is -0.241. The van der Waals surface area contributed by atoms with Crippen LogP contribution in [0.1, 0.15) is 6.42 Å². The molecule has 1 aromatic rings. The molecule has 1 aliphatic rings. The third-order valence-electron chi connectivity index (χ3n) is 2.32. The predicted octanol–water partition coefficient (Wildman–Crippen LogP) is 0.629. The summed E-state index contributed by atoms with van der Waals surface area (Å²) in [5.74, 6) is 0. The second-order valence-corrected chi connectivity index (χ2v) is 9.42. The van der Waals surface area contributed by atoms with Crippen molar-refractivity contribution in [1.82, 2.24) is 4.98 Å². The number of sulfone groups is 1. The van der Waals surface area contributed by atoms with Gasteiger partial charge in [-0.25, -0.2) is 18.4 Å². The molecule has 0 saturated carbocycles. The number of nitrogens with two attached hydrogens (primary N) is 2. The van der Waals surface area contributed by atoms with Crippen molar-refractivity contribution >= 4 is 47.6 Å². The van der Waals surface area contributed by atoms with Gasteiger partial charge in [0.05, 0.1) is 0 Å². The van der Waals surface area contributed by atoms with E-state index in [1.807, 2.05) is 0 Å². The first kappa shape index (κ1) is 14.9. The Morgan fingerprint density at radius 2 is 2.16 bits per heavy atom. The van der Waals surface area contributed by atoms with Gasteiger partial charge in [-0.3, -0.25) is 10.3 Å². The fourth-order valence-electron chi connectivity index (χ4n) is 1.50. The molecule has 0 fully saturated rings. The predicted molar refractivity (Wildman–Crippen MR) is 77.3 cm³/mol. The maximum absolute atomic E-state index is 12.3. The van der Waals surface area contributed by atoms with Crippen LogP contribution in [0, 0.1) is 0 Å². The lowest BCUT2D eigenvalue weighted by Crippen LogP contribution is -2.33. The molecule has 0 atom stereocenters. The highest BCUT2D eigenvalue weighted by Crippen LogP contribution is 2.53. The van der Waals surface area contributed by atoms with Gasteiger partial charge in [0, 0.05) is 29.5 Å². The number of aliphatic imine (C=N–C) groups is 1. The van der Waals surface area contributed by atoms with E-state index in [0.29, 0.717) is 0 Å². The van der Waals surface area contributed by atoms with Crippen molar-refractivity contribution in [2.45, 2.75) is 10.8 Å². The highest BCUT2D eigenvalue weighted by molar-refractivity contribution is 8.56. The average Bonchev–Trinajstić information content (AvgIpc) is 2.92. The number of rotatable bonds is 3. The molecular weight excluding hydrogens is 332 g/mol. The first-order valence-corrected chi connectivity index (χ1v) is 9.43. The molecule has 0 spiro atoms. The van der Waals surface area contributed by atoms with Crippen LogP contribution in [-0.4, -0.2) is 29.5 Å². The number of hydrogen-bond donors (Lipinski definition) is 3. The van der Waals surface area contributed by atoms with Crippen LogP contribution in [0.3, 0.4) is 0 Å². The fraction of sp³-hybridized carbons (Fsp3) is 0.250. The van der Waals surface area contributed by atoms with Crippen LogP contribution >= 0.6 is 33.3 Å². The Balaban J connectivity index is 2.48. The van der Waals surface area contributed by atoms with E-state index in [9.17, 15) is 8.42 Å². The molecule has 0 aliphatic carbocycles. The summed E-state index contributed by atoms with van der Waals surface area (Å²) in [7, 11) is -6.76. The largest absolute Gasteiger partial charge is 0.396 e. The SMILES string of the molecule is NS1(N)C(S(=O)(=O)c2nccs2)=NC(Cl)=C1CCO. The van der Waals surface area contributed by atoms with Gasteiger partial charge in [0.1, 0.15) is 5.16 Å². The number of halogens is 1. The Kier molecular flexibility index (Phi) is 4.02. The Labute approximate surface area is 120 Å². The molecule has 106 valence electrons. The third-order valence-corrected chi connectivity index (χ3v) is 8.74. The maximum Gasteiger partial charge on any atom is 0.258 e. The van der Waals surface area contributed by atoms with E-state index in [4.69, 9.17) is 27.0 Å².